The molecule has 0 aromatic heterocycles. The van der Waals surface area contributed by atoms with Gasteiger partial charge >= 0.3 is 0 Å². The van der Waals surface area contributed by atoms with Crippen molar-refractivity contribution in [3.63, 3.8) is 0 Å². The van der Waals surface area contributed by atoms with Crippen molar-refractivity contribution >= 4 is 5.91 Å². The Morgan fingerprint density at radius 3 is 2.50 bits per heavy atom. The molecule has 1 aromatic carbocycles. The van der Waals surface area contributed by atoms with Crippen molar-refractivity contribution in [1.82, 2.24) is 4.90 Å². The van der Waals surface area contributed by atoms with Gasteiger partial charge in [-0.15, -0.1) is 0 Å². The second-order valence-electron chi connectivity index (χ2n) is 5.58. The van der Waals surface area contributed by atoms with Gasteiger partial charge in [-0.1, -0.05) is 36.8 Å². The van der Waals surface area contributed by atoms with E-state index in [1.54, 1.807) is 4.90 Å². The van der Waals surface area contributed by atoms with Gasteiger partial charge in [-0.05, 0) is 30.7 Å². The predicted molar refractivity (Wildman–Crippen MR) is 73.0 cm³/mol. The highest BCUT2D eigenvalue weighted by Gasteiger charge is 2.35. The number of carbonyl (C=O) groups excluding carboxylic acids is 1. The third-order valence-corrected chi connectivity index (χ3v) is 3.86. The van der Waals surface area contributed by atoms with Crippen molar-refractivity contribution in [2.75, 3.05) is 13.6 Å². The van der Waals surface area contributed by atoms with E-state index in [0.29, 0.717) is 5.92 Å². The van der Waals surface area contributed by atoms with E-state index in [9.17, 15) is 4.79 Å². The molecule has 1 aromatic rings. The molecule has 2 N–H and O–H groups in total. The lowest BCUT2D eigenvalue weighted by atomic mass is 10.0. The second-order valence-corrected chi connectivity index (χ2v) is 5.58. The minimum Gasteiger partial charge on any atom is -0.344 e. The van der Waals surface area contributed by atoms with E-state index in [2.05, 4.69) is 6.92 Å². The summed E-state index contributed by atoms with van der Waals surface area (Å²) in [5.74, 6) is 1.44. The molecular weight excluding hydrogens is 224 g/mol. The minimum atomic E-state index is -0.537. The number of carbonyl (C=O) groups is 1. The highest BCUT2D eigenvalue weighted by molar-refractivity contribution is 5.82. The van der Waals surface area contributed by atoms with Gasteiger partial charge in [0, 0.05) is 13.6 Å². The number of hydrogen-bond donors (Lipinski definition) is 1. The molecule has 1 saturated carbocycles. The Morgan fingerprint density at radius 2 is 2.00 bits per heavy atom. The van der Waals surface area contributed by atoms with Gasteiger partial charge in [-0.25, -0.2) is 0 Å². The normalized spacial score (nSPS) is 23.6. The lowest BCUT2D eigenvalue weighted by Gasteiger charge is -2.21. The van der Waals surface area contributed by atoms with Crippen LogP contribution in [0.2, 0.25) is 0 Å². The molecule has 1 fully saturated rings. The zero-order valence-electron chi connectivity index (χ0n) is 11.4. The fraction of sp³-hybridized carbons (Fsp3) is 0.533. The largest absolute Gasteiger partial charge is 0.344 e. The average Bonchev–Trinajstić information content (AvgIpc) is 3.04. The molecule has 98 valence electrons. The van der Waals surface area contributed by atoms with Crippen LogP contribution in [0.1, 0.15) is 30.5 Å². The number of nitrogens with zero attached hydrogens (tertiary/aromatic N) is 1. The maximum Gasteiger partial charge on any atom is 0.243 e. The van der Waals surface area contributed by atoms with Crippen LogP contribution in [-0.4, -0.2) is 24.4 Å². The summed E-state index contributed by atoms with van der Waals surface area (Å²) in [5, 5.41) is 0. The molecule has 3 nitrogen and oxygen atoms in total. The number of rotatable bonds is 4. The molecule has 1 aliphatic carbocycles. The number of hydrogen-bond acceptors (Lipinski definition) is 2. The van der Waals surface area contributed by atoms with Gasteiger partial charge in [-0.2, -0.15) is 0 Å². The summed E-state index contributed by atoms with van der Waals surface area (Å²) in [6.07, 6.45) is 1.23. The van der Waals surface area contributed by atoms with Crippen molar-refractivity contribution < 1.29 is 4.79 Å². The maximum atomic E-state index is 12.2. The van der Waals surface area contributed by atoms with Crippen LogP contribution in [0.5, 0.6) is 0 Å². The monoisotopic (exact) mass is 246 g/mol. The van der Waals surface area contributed by atoms with E-state index < -0.39 is 6.04 Å². The van der Waals surface area contributed by atoms with Gasteiger partial charge in [0.15, 0.2) is 0 Å². The molecule has 1 aliphatic rings. The molecular formula is C15H22N2O. The third-order valence-electron chi connectivity index (χ3n) is 3.86. The van der Waals surface area contributed by atoms with Gasteiger partial charge in [0.2, 0.25) is 5.91 Å². The van der Waals surface area contributed by atoms with E-state index >= 15 is 0 Å². The summed E-state index contributed by atoms with van der Waals surface area (Å²) in [6, 6.07) is 7.32. The van der Waals surface area contributed by atoms with E-state index in [1.165, 1.54) is 12.0 Å². The smallest absolute Gasteiger partial charge is 0.243 e. The minimum absolute atomic E-state index is 0.0120. The third kappa shape index (κ3) is 2.91. The number of nitrogens with two attached hydrogens (primary N) is 1. The molecule has 0 aliphatic heterocycles. The Labute approximate surface area is 109 Å². The van der Waals surface area contributed by atoms with Crippen molar-refractivity contribution in [2.24, 2.45) is 17.6 Å². The Balaban J connectivity index is 1.97. The highest BCUT2D eigenvalue weighted by Crippen LogP contribution is 2.38. The van der Waals surface area contributed by atoms with Crippen LogP contribution in [0, 0.1) is 18.8 Å². The molecule has 3 unspecified atom stereocenters. The highest BCUT2D eigenvalue weighted by atomic mass is 16.2. The lowest BCUT2D eigenvalue weighted by Crippen LogP contribution is -2.37. The Hall–Kier alpha value is -1.35. The number of likely N-dealkylation sites (N-methyl/N-ethyl adjacent to an activating group) is 1. The van der Waals surface area contributed by atoms with E-state index in [1.807, 2.05) is 38.2 Å². The fourth-order valence-electron chi connectivity index (χ4n) is 2.25. The Bertz CT molecular complexity index is 427. The first-order valence-electron chi connectivity index (χ1n) is 6.56. The summed E-state index contributed by atoms with van der Waals surface area (Å²) >= 11 is 0. The van der Waals surface area contributed by atoms with Crippen molar-refractivity contribution in [3.05, 3.63) is 35.4 Å². The van der Waals surface area contributed by atoms with E-state index in [0.717, 1.165) is 18.0 Å². The van der Waals surface area contributed by atoms with E-state index in [4.69, 9.17) is 5.73 Å². The predicted octanol–water partition coefficient (Wildman–Crippen LogP) is 2.11. The second kappa shape index (κ2) is 5.11. The molecule has 2 rings (SSSR count). The lowest BCUT2D eigenvalue weighted by molar-refractivity contribution is -0.131. The van der Waals surface area contributed by atoms with Gasteiger partial charge < -0.3 is 10.6 Å². The first-order valence-corrected chi connectivity index (χ1v) is 6.56. The molecule has 3 atom stereocenters. The quantitative estimate of drug-likeness (QED) is 0.884. The van der Waals surface area contributed by atoms with Crippen LogP contribution < -0.4 is 5.73 Å². The number of amides is 1. The molecule has 0 saturated heterocycles. The first-order chi connectivity index (χ1) is 8.49. The van der Waals surface area contributed by atoms with Crippen LogP contribution in [-0.2, 0) is 4.79 Å². The average molecular weight is 246 g/mol. The molecule has 0 radical (unpaired) electrons. The van der Waals surface area contributed by atoms with Crippen molar-refractivity contribution in [2.45, 2.75) is 26.3 Å². The first kappa shape index (κ1) is 13.1. The Kier molecular flexibility index (Phi) is 3.71. The molecule has 3 heteroatoms. The summed E-state index contributed by atoms with van der Waals surface area (Å²) in [4.78, 5) is 14.0. The molecule has 0 spiro atoms. The van der Waals surface area contributed by atoms with E-state index in [-0.39, 0.29) is 5.91 Å². The maximum absolute atomic E-state index is 12.2. The summed E-state index contributed by atoms with van der Waals surface area (Å²) in [5.41, 5.74) is 8.10. The van der Waals surface area contributed by atoms with Crippen LogP contribution in [0.3, 0.4) is 0 Å². The van der Waals surface area contributed by atoms with Crippen molar-refractivity contribution in [1.29, 1.82) is 0 Å². The zero-order chi connectivity index (χ0) is 13.3. The molecule has 1 amide bonds. The topological polar surface area (TPSA) is 46.3 Å². The van der Waals surface area contributed by atoms with Gasteiger partial charge in [0.1, 0.15) is 6.04 Å². The van der Waals surface area contributed by atoms with Gasteiger partial charge in [-0.3, -0.25) is 4.79 Å². The zero-order valence-corrected chi connectivity index (χ0v) is 11.4. The number of aryl methyl sites for hydroxylation is 1. The van der Waals surface area contributed by atoms with Crippen LogP contribution in [0.15, 0.2) is 24.3 Å². The van der Waals surface area contributed by atoms with Gasteiger partial charge in [0.25, 0.3) is 0 Å². The number of benzene rings is 1. The van der Waals surface area contributed by atoms with Gasteiger partial charge in [0.05, 0.1) is 0 Å². The fourth-order valence-corrected chi connectivity index (χ4v) is 2.25. The molecule has 0 heterocycles. The molecule has 18 heavy (non-hydrogen) atoms. The SMILES string of the molecule is Cc1ccc(C(N)C(=O)N(C)CC2CC2C)cc1. The van der Waals surface area contributed by atoms with Crippen molar-refractivity contribution in [3.8, 4) is 0 Å². The van der Waals surface area contributed by atoms with Crippen LogP contribution in [0.4, 0.5) is 0 Å². The van der Waals surface area contributed by atoms with Crippen LogP contribution >= 0.6 is 0 Å². The summed E-state index contributed by atoms with van der Waals surface area (Å²) < 4.78 is 0. The molecule has 0 bridgehead atoms. The Morgan fingerprint density at radius 1 is 1.44 bits per heavy atom. The summed E-state index contributed by atoms with van der Waals surface area (Å²) in [7, 11) is 1.85. The summed E-state index contributed by atoms with van der Waals surface area (Å²) in [6.45, 7) is 5.08. The standard InChI is InChI=1S/C15H22N2O/c1-10-4-6-12(7-5-10)14(16)15(18)17(3)9-13-8-11(13)2/h4-7,11,13-14H,8-9,16H2,1-3H3. The van der Waals surface area contributed by atoms with Crippen LogP contribution in [0.25, 0.3) is 0 Å².